The Kier molecular flexibility index (Phi) is 8.94. The summed E-state index contributed by atoms with van der Waals surface area (Å²) in [6.07, 6.45) is 3.75. The van der Waals surface area contributed by atoms with Crippen LogP contribution in [0.1, 0.15) is 5.69 Å². The van der Waals surface area contributed by atoms with Crippen molar-refractivity contribution in [1.82, 2.24) is 29.9 Å². The van der Waals surface area contributed by atoms with E-state index in [-0.39, 0.29) is 0 Å². The van der Waals surface area contributed by atoms with E-state index in [0.29, 0.717) is 17.5 Å². The van der Waals surface area contributed by atoms with Gasteiger partial charge in [0.1, 0.15) is 0 Å². The summed E-state index contributed by atoms with van der Waals surface area (Å²) >= 11 is 0. The molecule has 0 aliphatic rings. The third-order valence-corrected chi connectivity index (χ3v) is 11.3. The molecule has 0 saturated carbocycles. The third kappa shape index (κ3) is 6.86. The second kappa shape index (κ2) is 15.2. The summed E-state index contributed by atoms with van der Waals surface area (Å²) in [7, 11) is 0. The minimum Gasteiger partial charge on any atom is -0.264 e. The lowest BCUT2D eigenvalue weighted by molar-refractivity contribution is 1.07. The highest BCUT2D eigenvalue weighted by atomic mass is 15.0. The highest BCUT2D eigenvalue weighted by Gasteiger charge is 2.16. The highest BCUT2D eigenvalue weighted by molar-refractivity contribution is 6.09. The molecule has 4 aromatic heterocycles. The quantitative estimate of drug-likeness (QED) is 0.150. The first kappa shape index (κ1) is 35.9. The second-order valence-corrected chi connectivity index (χ2v) is 15.2. The molecule has 4 heterocycles. The predicted octanol–water partition coefficient (Wildman–Crippen LogP) is 13.5. The van der Waals surface area contributed by atoms with Gasteiger partial charge >= 0.3 is 0 Å². The average Bonchev–Trinajstić information content (AvgIpc) is 3.34. The lowest BCUT2D eigenvalue weighted by atomic mass is 9.96. The molecule has 0 aliphatic heterocycles. The fourth-order valence-corrected chi connectivity index (χ4v) is 8.16. The van der Waals surface area contributed by atoms with Gasteiger partial charge in [-0.25, -0.2) is 19.9 Å². The van der Waals surface area contributed by atoms with Gasteiger partial charge in [0.25, 0.3) is 0 Å². The van der Waals surface area contributed by atoms with E-state index in [9.17, 15) is 0 Å². The Labute approximate surface area is 353 Å². The van der Waals surface area contributed by atoms with Crippen LogP contribution >= 0.6 is 0 Å². The van der Waals surface area contributed by atoms with E-state index < -0.39 is 0 Å². The molecule has 0 bridgehead atoms. The van der Waals surface area contributed by atoms with E-state index in [4.69, 9.17) is 24.9 Å². The summed E-state index contributed by atoms with van der Waals surface area (Å²) in [5.41, 5.74) is 14.1. The molecule has 6 heteroatoms. The third-order valence-electron chi connectivity index (χ3n) is 11.3. The van der Waals surface area contributed by atoms with Gasteiger partial charge in [0.15, 0.2) is 17.5 Å². The van der Waals surface area contributed by atoms with E-state index in [1.54, 1.807) is 0 Å². The molecule has 0 unspecified atom stereocenters. The molecule has 11 rings (SSSR count). The van der Waals surface area contributed by atoms with Gasteiger partial charge in [-0.2, -0.15) is 0 Å². The monoisotopic (exact) mass is 780 g/mol. The van der Waals surface area contributed by atoms with Gasteiger partial charge in [-0.05, 0) is 70.0 Å². The lowest BCUT2D eigenvalue weighted by Crippen LogP contribution is -2.00. The minimum absolute atomic E-state index is 0.610. The van der Waals surface area contributed by atoms with E-state index in [0.717, 1.165) is 99.6 Å². The first-order valence-corrected chi connectivity index (χ1v) is 20.3. The number of fused-ring (bicyclic) bond motifs is 4. The number of hydrogen-bond donors (Lipinski definition) is 0. The number of hydrogen-bond acceptors (Lipinski definition) is 6. The van der Waals surface area contributed by atoms with Crippen molar-refractivity contribution in [2.45, 2.75) is 6.92 Å². The maximum atomic E-state index is 5.25. The largest absolute Gasteiger partial charge is 0.264 e. The normalized spacial score (nSPS) is 11.4. The Balaban J connectivity index is 0.942. The zero-order valence-electron chi connectivity index (χ0n) is 33.2. The number of nitrogens with zero attached hydrogens (tertiary/aromatic N) is 6. The van der Waals surface area contributed by atoms with Gasteiger partial charge in [-0.15, -0.1) is 0 Å². The van der Waals surface area contributed by atoms with E-state index in [1.807, 2.05) is 55.7 Å². The van der Waals surface area contributed by atoms with E-state index in [2.05, 4.69) is 157 Å². The molecule has 0 radical (unpaired) electrons. The first-order chi connectivity index (χ1) is 30.1. The van der Waals surface area contributed by atoms with Crippen molar-refractivity contribution in [1.29, 1.82) is 0 Å². The highest BCUT2D eigenvalue weighted by Crippen LogP contribution is 2.37. The lowest BCUT2D eigenvalue weighted by Gasteiger charge is -2.13. The number of rotatable bonds is 7. The summed E-state index contributed by atoms with van der Waals surface area (Å²) in [6, 6.07) is 65.1. The second-order valence-electron chi connectivity index (χ2n) is 15.2. The summed E-state index contributed by atoms with van der Waals surface area (Å²) in [4.78, 5) is 29.7. The molecule has 0 fully saturated rings. The van der Waals surface area contributed by atoms with Crippen LogP contribution in [0.15, 0.2) is 200 Å². The molecule has 0 atom stereocenters. The van der Waals surface area contributed by atoms with Crippen molar-refractivity contribution in [3.63, 3.8) is 0 Å². The zero-order valence-corrected chi connectivity index (χ0v) is 33.2. The number of pyridine rings is 3. The van der Waals surface area contributed by atoms with Crippen molar-refractivity contribution >= 4 is 32.6 Å². The number of aromatic nitrogens is 6. The molecular weight excluding hydrogens is 745 g/mol. The maximum absolute atomic E-state index is 5.25. The fraction of sp³-hybridized carbons (Fsp3) is 0.0182. The molecule has 0 N–H and O–H groups in total. The topological polar surface area (TPSA) is 77.3 Å². The van der Waals surface area contributed by atoms with Crippen molar-refractivity contribution in [2.75, 3.05) is 0 Å². The summed E-state index contributed by atoms with van der Waals surface area (Å²) in [6.45, 7) is 2.03. The van der Waals surface area contributed by atoms with Gasteiger partial charge in [-0.3, -0.25) is 9.97 Å². The Hall–Kier alpha value is -8.22. The summed E-state index contributed by atoms with van der Waals surface area (Å²) < 4.78 is 0. The fourth-order valence-electron chi connectivity index (χ4n) is 8.16. The smallest absolute Gasteiger partial charge is 0.164 e. The molecule has 7 aromatic carbocycles. The Bertz CT molecular complexity index is 3400. The minimum atomic E-state index is 0.610. The molecule has 0 saturated heterocycles. The Morgan fingerprint density at radius 3 is 1.66 bits per heavy atom. The molecule has 6 nitrogen and oxygen atoms in total. The Morgan fingerprint density at radius 2 is 0.918 bits per heavy atom. The first-order valence-electron chi connectivity index (χ1n) is 20.3. The SMILES string of the molecule is Cc1ccc2ccc3c(-c4ccccc4)cc(-c4ccc(-c5ccc(-c6nc(-c7ccccc7)nc(-c7cccc(-c8cccc9ccncc89)c7)n6)cc5)cc4)nc3c2n1. The van der Waals surface area contributed by atoms with Crippen molar-refractivity contribution in [3.8, 4) is 78.8 Å². The predicted molar refractivity (Wildman–Crippen MR) is 249 cm³/mol. The standard InChI is InChI=1S/C55H36N6/c1-35-18-19-41-28-29-47-48(38-10-4-2-5-11-38)33-50(58-52(47)51(41)57-35)40-24-20-36(21-25-40)37-22-26-43(27-23-37)54-59-53(42-12-6-3-7-13-42)60-55(61-54)45-16-8-15-44(32-45)46-17-9-14-39-30-31-56-34-49(39)46/h2-34H,1H3. The van der Waals surface area contributed by atoms with Gasteiger partial charge in [-0.1, -0.05) is 164 Å². The molecule has 0 amide bonds. The Morgan fingerprint density at radius 1 is 0.328 bits per heavy atom. The molecule has 11 aromatic rings. The van der Waals surface area contributed by atoms with Crippen molar-refractivity contribution in [3.05, 3.63) is 206 Å². The average molecular weight is 781 g/mol. The molecule has 61 heavy (non-hydrogen) atoms. The summed E-state index contributed by atoms with van der Waals surface area (Å²) in [5.74, 6) is 1.84. The molecule has 0 aliphatic carbocycles. The van der Waals surface area contributed by atoms with Crippen molar-refractivity contribution < 1.29 is 0 Å². The van der Waals surface area contributed by atoms with E-state index >= 15 is 0 Å². The summed E-state index contributed by atoms with van der Waals surface area (Å²) in [5, 5.41) is 4.41. The van der Waals surface area contributed by atoms with Gasteiger partial charge in [0.05, 0.1) is 16.7 Å². The van der Waals surface area contributed by atoms with Crippen LogP contribution in [0.4, 0.5) is 0 Å². The van der Waals surface area contributed by atoms with Gasteiger partial charge < -0.3 is 0 Å². The molecular formula is C55H36N6. The van der Waals surface area contributed by atoms with Crippen LogP contribution in [0.25, 0.3) is 111 Å². The van der Waals surface area contributed by atoms with E-state index in [1.165, 1.54) is 0 Å². The zero-order chi connectivity index (χ0) is 40.7. The van der Waals surface area contributed by atoms with Crippen LogP contribution in [-0.2, 0) is 0 Å². The number of benzene rings is 7. The van der Waals surface area contributed by atoms with Crippen LogP contribution in [0.3, 0.4) is 0 Å². The molecule has 286 valence electrons. The van der Waals surface area contributed by atoms with Crippen molar-refractivity contribution in [2.24, 2.45) is 0 Å². The maximum Gasteiger partial charge on any atom is 0.164 e. The van der Waals surface area contributed by atoms with Gasteiger partial charge in [0.2, 0.25) is 0 Å². The van der Waals surface area contributed by atoms with Crippen LogP contribution in [0.5, 0.6) is 0 Å². The number of aryl methyl sites for hydroxylation is 1. The van der Waals surface area contributed by atoms with Crippen LogP contribution in [0, 0.1) is 6.92 Å². The van der Waals surface area contributed by atoms with Crippen LogP contribution < -0.4 is 0 Å². The van der Waals surface area contributed by atoms with Crippen LogP contribution in [-0.4, -0.2) is 29.9 Å². The van der Waals surface area contributed by atoms with Gasteiger partial charge in [0, 0.05) is 56.5 Å². The molecule has 0 spiro atoms. The van der Waals surface area contributed by atoms with Crippen LogP contribution in [0.2, 0.25) is 0 Å².